The third-order valence-electron chi connectivity index (χ3n) is 3.72. The van der Waals surface area contributed by atoms with Gasteiger partial charge in [0.05, 0.1) is 0 Å². The van der Waals surface area contributed by atoms with Gasteiger partial charge in [-0.25, -0.2) is 4.98 Å². The van der Waals surface area contributed by atoms with Crippen LogP contribution >= 0.6 is 22.9 Å². The Morgan fingerprint density at radius 1 is 1.11 bits per heavy atom. The molecule has 1 aromatic heterocycles. The number of nitrogens with zero attached hydrogens (tertiary/aromatic N) is 1. The SMILES string of the molecule is CC(C)(Oc1ccc(Cl)cc1)C(=O)NCc1ccc(Oc2nccs2)cc1. The summed E-state index contributed by atoms with van der Waals surface area (Å²) in [5.41, 5.74) is -0.0565. The van der Waals surface area contributed by atoms with Crippen LogP contribution in [0.3, 0.4) is 0 Å². The molecule has 5 nitrogen and oxygen atoms in total. The van der Waals surface area contributed by atoms with Gasteiger partial charge in [-0.3, -0.25) is 4.79 Å². The van der Waals surface area contributed by atoms with Gasteiger partial charge in [0.15, 0.2) is 5.60 Å². The highest BCUT2D eigenvalue weighted by Crippen LogP contribution is 2.24. The molecular formula is C20H19ClN2O3S. The Kier molecular flexibility index (Phi) is 5.98. The highest BCUT2D eigenvalue weighted by molar-refractivity contribution is 7.11. The van der Waals surface area contributed by atoms with Crippen LogP contribution in [0.2, 0.25) is 5.02 Å². The second-order valence-corrected chi connectivity index (χ2v) is 7.59. The maximum Gasteiger partial charge on any atom is 0.278 e. The van der Waals surface area contributed by atoms with Crippen molar-refractivity contribution < 1.29 is 14.3 Å². The molecule has 0 atom stereocenters. The second kappa shape index (κ2) is 8.41. The molecule has 0 aliphatic rings. The van der Waals surface area contributed by atoms with Crippen molar-refractivity contribution >= 4 is 28.8 Å². The molecule has 0 unspecified atom stereocenters. The molecule has 140 valence electrons. The van der Waals surface area contributed by atoms with Gasteiger partial charge in [0.1, 0.15) is 11.5 Å². The number of thiazole rings is 1. The Balaban J connectivity index is 1.53. The van der Waals surface area contributed by atoms with Crippen molar-refractivity contribution in [2.75, 3.05) is 0 Å². The summed E-state index contributed by atoms with van der Waals surface area (Å²) in [4.78, 5) is 16.6. The maximum atomic E-state index is 12.5. The Morgan fingerprint density at radius 2 is 1.78 bits per heavy atom. The molecule has 0 radical (unpaired) electrons. The minimum Gasteiger partial charge on any atom is -0.478 e. The van der Waals surface area contributed by atoms with Gasteiger partial charge in [-0.2, -0.15) is 0 Å². The van der Waals surface area contributed by atoms with E-state index in [2.05, 4.69) is 10.3 Å². The van der Waals surface area contributed by atoms with Crippen molar-refractivity contribution in [3.63, 3.8) is 0 Å². The van der Waals surface area contributed by atoms with E-state index in [0.717, 1.165) is 5.56 Å². The fourth-order valence-electron chi connectivity index (χ4n) is 2.28. The van der Waals surface area contributed by atoms with Crippen molar-refractivity contribution in [3.05, 3.63) is 70.7 Å². The Morgan fingerprint density at radius 3 is 2.41 bits per heavy atom. The molecule has 0 fully saturated rings. The lowest BCUT2D eigenvalue weighted by molar-refractivity contribution is -0.134. The summed E-state index contributed by atoms with van der Waals surface area (Å²) in [7, 11) is 0. The monoisotopic (exact) mass is 402 g/mol. The summed E-state index contributed by atoms with van der Waals surface area (Å²) in [6.07, 6.45) is 1.69. The van der Waals surface area contributed by atoms with Gasteiger partial charge in [0.2, 0.25) is 0 Å². The summed E-state index contributed by atoms with van der Waals surface area (Å²) >= 11 is 7.30. The first-order valence-electron chi connectivity index (χ1n) is 8.31. The van der Waals surface area contributed by atoms with Crippen molar-refractivity contribution in [2.24, 2.45) is 0 Å². The van der Waals surface area contributed by atoms with Crippen LogP contribution in [0.1, 0.15) is 19.4 Å². The van der Waals surface area contributed by atoms with Crippen LogP contribution in [-0.2, 0) is 11.3 Å². The first kappa shape index (κ1) is 19.2. The van der Waals surface area contributed by atoms with E-state index in [0.29, 0.717) is 28.3 Å². The quantitative estimate of drug-likeness (QED) is 0.599. The molecule has 1 N–H and O–H groups in total. The highest BCUT2D eigenvalue weighted by Gasteiger charge is 2.29. The highest BCUT2D eigenvalue weighted by atomic mass is 35.5. The minimum absolute atomic E-state index is 0.208. The molecule has 1 amide bonds. The summed E-state index contributed by atoms with van der Waals surface area (Å²) < 4.78 is 11.4. The number of amides is 1. The Hall–Kier alpha value is -2.57. The molecular weight excluding hydrogens is 384 g/mol. The minimum atomic E-state index is -1.01. The van der Waals surface area contributed by atoms with Crippen molar-refractivity contribution in [2.45, 2.75) is 26.0 Å². The lowest BCUT2D eigenvalue weighted by Gasteiger charge is -2.25. The van der Waals surface area contributed by atoms with Crippen LogP contribution in [0.5, 0.6) is 16.7 Å². The van der Waals surface area contributed by atoms with E-state index >= 15 is 0 Å². The fraction of sp³-hybridized carbons (Fsp3) is 0.200. The third-order valence-corrected chi connectivity index (χ3v) is 4.62. The normalized spacial score (nSPS) is 11.1. The van der Waals surface area contributed by atoms with Crippen LogP contribution in [0.4, 0.5) is 0 Å². The number of benzene rings is 2. The predicted molar refractivity (Wildman–Crippen MR) is 107 cm³/mol. The van der Waals surface area contributed by atoms with E-state index in [1.807, 2.05) is 29.6 Å². The van der Waals surface area contributed by atoms with Gasteiger partial charge < -0.3 is 14.8 Å². The summed E-state index contributed by atoms with van der Waals surface area (Å²) in [5.74, 6) is 1.08. The Bertz CT molecular complexity index is 879. The third kappa shape index (κ3) is 5.45. The topological polar surface area (TPSA) is 60.5 Å². The van der Waals surface area contributed by atoms with Crippen LogP contribution in [0.15, 0.2) is 60.1 Å². The smallest absolute Gasteiger partial charge is 0.278 e. The largest absolute Gasteiger partial charge is 0.478 e. The van der Waals surface area contributed by atoms with E-state index < -0.39 is 5.60 Å². The van der Waals surface area contributed by atoms with E-state index in [1.54, 1.807) is 44.3 Å². The van der Waals surface area contributed by atoms with Gasteiger partial charge in [-0.15, -0.1) is 0 Å². The molecule has 7 heteroatoms. The lowest BCUT2D eigenvalue weighted by Crippen LogP contribution is -2.46. The molecule has 0 aliphatic carbocycles. The predicted octanol–water partition coefficient (Wildman–Crippen LogP) is 5.06. The van der Waals surface area contributed by atoms with Gasteiger partial charge in [0, 0.05) is 23.1 Å². The zero-order valence-electron chi connectivity index (χ0n) is 14.9. The van der Waals surface area contributed by atoms with E-state index in [9.17, 15) is 4.79 Å². The first-order valence-corrected chi connectivity index (χ1v) is 9.57. The number of carbonyl (C=O) groups excluding carboxylic acids is 1. The number of carbonyl (C=O) groups is 1. The first-order chi connectivity index (χ1) is 12.9. The fourth-order valence-corrected chi connectivity index (χ4v) is 2.91. The molecule has 27 heavy (non-hydrogen) atoms. The van der Waals surface area contributed by atoms with Gasteiger partial charge in [-0.05, 0) is 55.8 Å². The van der Waals surface area contributed by atoms with E-state index in [4.69, 9.17) is 21.1 Å². The average molecular weight is 403 g/mol. The van der Waals surface area contributed by atoms with Crippen molar-refractivity contribution in [1.29, 1.82) is 0 Å². The lowest BCUT2D eigenvalue weighted by atomic mass is 10.1. The molecule has 0 spiro atoms. The molecule has 3 rings (SSSR count). The summed E-state index contributed by atoms with van der Waals surface area (Å²) in [6, 6.07) is 14.4. The standard InChI is InChI=1S/C20H19ClN2O3S/c1-20(2,26-17-9-5-15(21)6-10-17)18(24)23-13-14-3-7-16(8-4-14)25-19-22-11-12-27-19/h3-12H,13H2,1-2H3,(H,23,24). The number of hydrogen-bond donors (Lipinski definition) is 1. The van der Waals surface area contributed by atoms with E-state index in [1.165, 1.54) is 11.3 Å². The molecule has 1 heterocycles. The zero-order valence-corrected chi connectivity index (χ0v) is 16.5. The number of ether oxygens (including phenoxy) is 2. The molecule has 0 saturated carbocycles. The molecule has 0 bridgehead atoms. The van der Waals surface area contributed by atoms with Gasteiger partial charge in [-0.1, -0.05) is 35.1 Å². The van der Waals surface area contributed by atoms with Crippen LogP contribution in [-0.4, -0.2) is 16.5 Å². The summed E-state index contributed by atoms with van der Waals surface area (Å²) in [6.45, 7) is 3.84. The number of rotatable bonds is 7. The number of nitrogens with one attached hydrogen (secondary N) is 1. The van der Waals surface area contributed by atoms with Gasteiger partial charge >= 0.3 is 0 Å². The molecule has 0 aliphatic heterocycles. The zero-order chi connectivity index (χ0) is 19.3. The summed E-state index contributed by atoms with van der Waals surface area (Å²) in [5, 5.41) is 5.96. The molecule has 0 saturated heterocycles. The number of aromatic nitrogens is 1. The van der Waals surface area contributed by atoms with Crippen molar-refractivity contribution in [1.82, 2.24) is 10.3 Å². The molecule has 2 aromatic carbocycles. The maximum absolute atomic E-state index is 12.5. The van der Waals surface area contributed by atoms with Crippen molar-refractivity contribution in [3.8, 4) is 16.7 Å². The van der Waals surface area contributed by atoms with Crippen LogP contribution in [0, 0.1) is 0 Å². The number of hydrogen-bond acceptors (Lipinski definition) is 5. The van der Waals surface area contributed by atoms with Gasteiger partial charge in [0.25, 0.3) is 11.1 Å². The Labute approximate surface area is 166 Å². The number of halogens is 1. The molecule has 3 aromatic rings. The van der Waals surface area contributed by atoms with E-state index in [-0.39, 0.29) is 5.91 Å². The average Bonchev–Trinajstić information content (AvgIpc) is 3.15. The van der Waals surface area contributed by atoms with Crippen LogP contribution < -0.4 is 14.8 Å². The second-order valence-electron chi connectivity index (χ2n) is 6.29. The van der Waals surface area contributed by atoms with Crippen LogP contribution in [0.25, 0.3) is 0 Å².